The van der Waals surface area contributed by atoms with Crippen molar-refractivity contribution in [3.63, 3.8) is 0 Å². The first kappa shape index (κ1) is 17.4. The zero-order chi connectivity index (χ0) is 17.6. The van der Waals surface area contributed by atoms with Gasteiger partial charge in [0.05, 0.1) is 39.0 Å². The van der Waals surface area contributed by atoms with E-state index < -0.39 is 0 Å². The van der Waals surface area contributed by atoms with E-state index in [0.29, 0.717) is 38.1 Å². The number of aromatic nitrogens is 2. The van der Waals surface area contributed by atoms with E-state index in [2.05, 4.69) is 15.5 Å². The quantitative estimate of drug-likeness (QED) is 0.884. The molecule has 0 aliphatic carbocycles. The summed E-state index contributed by atoms with van der Waals surface area (Å²) >= 11 is 0. The number of nitrogens with zero attached hydrogens (tertiary/aromatic N) is 3. The highest BCUT2D eigenvalue weighted by atomic mass is 16.6. The summed E-state index contributed by atoms with van der Waals surface area (Å²) in [4.78, 5) is 18.0. The fourth-order valence-electron chi connectivity index (χ4n) is 2.46. The molecule has 1 saturated heterocycles. The minimum atomic E-state index is -0.232. The highest BCUT2D eigenvalue weighted by molar-refractivity contribution is 5.73. The fourth-order valence-corrected chi connectivity index (χ4v) is 2.46. The Morgan fingerprint density at radius 3 is 2.84 bits per heavy atom. The molecular formula is C17H22N4O4. The number of benzene rings is 1. The molecule has 0 spiro atoms. The first-order valence-corrected chi connectivity index (χ1v) is 8.20. The lowest BCUT2D eigenvalue weighted by Crippen LogP contribution is -2.44. The third kappa shape index (κ3) is 4.77. The molecule has 1 fully saturated rings. The molecule has 1 aromatic heterocycles. The third-order valence-corrected chi connectivity index (χ3v) is 3.88. The summed E-state index contributed by atoms with van der Waals surface area (Å²) in [5, 5.41) is 6.70. The van der Waals surface area contributed by atoms with Gasteiger partial charge in [0.1, 0.15) is 0 Å². The zero-order valence-corrected chi connectivity index (χ0v) is 14.4. The van der Waals surface area contributed by atoms with Crippen LogP contribution in [0.25, 0.3) is 11.4 Å². The van der Waals surface area contributed by atoms with Crippen molar-refractivity contribution in [1.29, 1.82) is 0 Å². The van der Waals surface area contributed by atoms with Gasteiger partial charge in [-0.1, -0.05) is 35.0 Å². The van der Waals surface area contributed by atoms with Crippen molar-refractivity contribution < 1.29 is 18.8 Å². The number of likely N-dealkylation sites (N-methyl/N-ethyl adjacent to an activating group) is 1. The summed E-state index contributed by atoms with van der Waals surface area (Å²) in [5.41, 5.74) is 2.04. The molecule has 0 bridgehead atoms. The maximum Gasteiger partial charge on any atom is 0.317 e. The smallest absolute Gasteiger partial charge is 0.317 e. The van der Waals surface area contributed by atoms with Crippen molar-refractivity contribution in [3.05, 3.63) is 35.7 Å². The minimum Gasteiger partial charge on any atom is -0.376 e. The van der Waals surface area contributed by atoms with Gasteiger partial charge in [-0.25, -0.2) is 4.79 Å². The predicted octanol–water partition coefficient (Wildman–Crippen LogP) is 1.60. The largest absolute Gasteiger partial charge is 0.376 e. The Kier molecular flexibility index (Phi) is 5.62. The lowest BCUT2D eigenvalue weighted by Gasteiger charge is -2.27. The van der Waals surface area contributed by atoms with Crippen molar-refractivity contribution in [3.8, 4) is 11.4 Å². The summed E-state index contributed by atoms with van der Waals surface area (Å²) in [6.07, 6.45) is -0.0963. The second-order valence-electron chi connectivity index (χ2n) is 5.98. The maximum atomic E-state index is 12.1. The number of rotatable bonds is 5. The Balaban J connectivity index is 1.49. The van der Waals surface area contributed by atoms with Gasteiger partial charge in [0, 0.05) is 12.6 Å². The Morgan fingerprint density at radius 1 is 1.32 bits per heavy atom. The van der Waals surface area contributed by atoms with Crippen LogP contribution in [0.2, 0.25) is 0 Å². The Labute approximate surface area is 146 Å². The van der Waals surface area contributed by atoms with Crippen LogP contribution in [0.1, 0.15) is 11.5 Å². The van der Waals surface area contributed by atoms with Gasteiger partial charge in [-0.15, -0.1) is 0 Å². The van der Waals surface area contributed by atoms with E-state index in [-0.39, 0.29) is 18.7 Å². The van der Waals surface area contributed by atoms with Crippen LogP contribution in [-0.4, -0.2) is 60.6 Å². The molecule has 1 atom stereocenters. The average Bonchev–Trinajstić information content (AvgIpc) is 3.10. The van der Waals surface area contributed by atoms with Gasteiger partial charge in [-0.3, -0.25) is 0 Å². The molecule has 8 nitrogen and oxygen atoms in total. The van der Waals surface area contributed by atoms with Crippen molar-refractivity contribution in [2.24, 2.45) is 0 Å². The van der Waals surface area contributed by atoms with Crippen LogP contribution < -0.4 is 5.32 Å². The van der Waals surface area contributed by atoms with Crippen LogP contribution in [0.4, 0.5) is 4.79 Å². The number of hydrogen-bond donors (Lipinski definition) is 1. The van der Waals surface area contributed by atoms with Gasteiger partial charge < -0.3 is 24.2 Å². The molecule has 3 rings (SSSR count). The highest BCUT2D eigenvalue weighted by Gasteiger charge is 2.19. The van der Waals surface area contributed by atoms with E-state index >= 15 is 0 Å². The summed E-state index contributed by atoms with van der Waals surface area (Å²) in [6, 6.07) is 7.60. The number of amides is 2. The summed E-state index contributed by atoms with van der Waals surface area (Å²) < 4.78 is 16.1. The normalized spacial score (nSPS) is 17.3. The Hall–Kier alpha value is -2.45. The van der Waals surface area contributed by atoms with Crippen LogP contribution in [0.3, 0.4) is 0 Å². The fraction of sp³-hybridized carbons (Fsp3) is 0.471. The summed E-state index contributed by atoms with van der Waals surface area (Å²) in [6.45, 7) is 4.31. The van der Waals surface area contributed by atoms with E-state index in [1.54, 1.807) is 11.9 Å². The monoisotopic (exact) mass is 346 g/mol. The van der Waals surface area contributed by atoms with Crippen molar-refractivity contribution in [2.75, 3.05) is 33.4 Å². The lowest BCUT2D eigenvalue weighted by atomic mass is 10.1. The van der Waals surface area contributed by atoms with E-state index in [1.165, 1.54) is 0 Å². The lowest BCUT2D eigenvalue weighted by molar-refractivity contribution is -0.0928. The van der Waals surface area contributed by atoms with Crippen molar-refractivity contribution in [1.82, 2.24) is 20.4 Å². The van der Waals surface area contributed by atoms with Crippen LogP contribution >= 0.6 is 0 Å². The molecule has 2 heterocycles. The molecule has 8 heteroatoms. The van der Waals surface area contributed by atoms with Gasteiger partial charge >= 0.3 is 6.03 Å². The number of urea groups is 1. The van der Waals surface area contributed by atoms with E-state index in [4.69, 9.17) is 14.0 Å². The summed E-state index contributed by atoms with van der Waals surface area (Å²) in [5.74, 6) is 0.861. The third-order valence-electron chi connectivity index (χ3n) is 3.88. The number of nitrogens with one attached hydrogen (secondary N) is 1. The molecule has 0 radical (unpaired) electrons. The van der Waals surface area contributed by atoms with E-state index in [9.17, 15) is 4.79 Å². The summed E-state index contributed by atoms with van der Waals surface area (Å²) in [7, 11) is 1.71. The Bertz CT molecular complexity index is 695. The van der Waals surface area contributed by atoms with Gasteiger partial charge in [0.2, 0.25) is 11.7 Å². The Morgan fingerprint density at radius 2 is 2.12 bits per heavy atom. The molecule has 2 amide bonds. The molecule has 134 valence electrons. The molecule has 1 aliphatic heterocycles. The molecule has 25 heavy (non-hydrogen) atoms. The van der Waals surface area contributed by atoms with Gasteiger partial charge in [0.15, 0.2) is 0 Å². The number of ether oxygens (including phenoxy) is 2. The molecule has 0 saturated carbocycles. The molecular weight excluding hydrogens is 324 g/mol. The topological polar surface area (TPSA) is 89.7 Å². The number of carbonyl (C=O) groups excluding carboxylic acids is 1. The SMILES string of the molecule is Cc1ccc(-c2noc(CNC(=O)N(C)CC3COCCO3)n2)cc1. The minimum absolute atomic E-state index is 0.0963. The number of hydrogen-bond acceptors (Lipinski definition) is 6. The number of carbonyl (C=O) groups is 1. The van der Waals surface area contributed by atoms with Crippen molar-refractivity contribution >= 4 is 6.03 Å². The van der Waals surface area contributed by atoms with E-state index in [1.807, 2.05) is 31.2 Å². The van der Waals surface area contributed by atoms with Crippen LogP contribution in [0.15, 0.2) is 28.8 Å². The van der Waals surface area contributed by atoms with Gasteiger partial charge in [-0.2, -0.15) is 4.98 Å². The standard InChI is InChI=1S/C17H22N4O4/c1-12-3-5-13(6-4-12)16-19-15(25-20-16)9-18-17(22)21(2)10-14-11-23-7-8-24-14/h3-6,14H,7-11H2,1-2H3,(H,18,22). The second kappa shape index (κ2) is 8.09. The molecule has 1 aliphatic rings. The zero-order valence-electron chi connectivity index (χ0n) is 14.4. The van der Waals surface area contributed by atoms with Crippen LogP contribution in [0.5, 0.6) is 0 Å². The maximum absolute atomic E-state index is 12.1. The first-order valence-electron chi connectivity index (χ1n) is 8.20. The van der Waals surface area contributed by atoms with Crippen molar-refractivity contribution in [2.45, 2.75) is 19.6 Å². The highest BCUT2D eigenvalue weighted by Crippen LogP contribution is 2.16. The van der Waals surface area contributed by atoms with Crippen LogP contribution in [-0.2, 0) is 16.0 Å². The van der Waals surface area contributed by atoms with Gasteiger partial charge in [0.25, 0.3) is 0 Å². The number of aryl methyl sites for hydroxylation is 1. The van der Waals surface area contributed by atoms with Gasteiger partial charge in [-0.05, 0) is 6.92 Å². The predicted molar refractivity (Wildman–Crippen MR) is 89.9 cm³/mol. The second-order valence-corrected chi connectivity index (χ2v) is 5.98. The average molecular weight is 346 g/mol. The molecule has 1 unspecified atom stereocenters. The molecule has 1 aromatic carbocycles. The molecule has 1 N–H and O–H groups in total. The molecule has 2 aromatic rings. The first-order chi connectivity index (χ1) is 12.1. The van der Waals surface area contributed by atoms with Crippen LogP contribution in [0, 0.1) is 6.92 Å². The van der Waals surface area contributed by atoms with E-state index in [0.717, 1.165) is 11.1 Å².